The van der Waals surface area contributed by atoms with Crippen molar-refractivity contribution in [1.82, 2.24) is 5.43 Å². The Balaban J connectivity index is 1.36. The van der Waals surface area contributed by atoms with E-state index in [1.54, 1.807) is 25.1 Å². The second-order valence-corrected chi connectivity index (χ2v) is 8.16. The van der Waals surface area contributed by atoms with E-state index < -0.39 is 11.8 Å². The van der Waals surface area contributed by atoms with Crippen LogP contribution in [0.4, 0.5) is 11.4 Å². The van der Waals surface area contributed by atoms with Crippen molar-refractivity contribution in [3.8, 4) is 5.75 Å². The van der Waals surface area contributed by atoms with E-state index in [2.05, 4.69) is 21.2 Å². The van der Waals surface area contributed by atoms with Gasteiger partial charge in [0.15, 0.2) is 0 Å². The van der Waals surface area contributed by atoms with E-state index in [1.807, 2.05) is 49.4 Å². The highest BCUT2D eigenvalue weighted by molar-refractivity contribution is 6.39. The van der Waals surface area contributed by atoms with Gasteiger partial charge in [-0.25, -0.2) is 5.43 Å². The van der Waals surface area contributed by atoms with Gasteiger partial charge in [-0.15, -0.1) is 0 Å². The smallest absolute Gasteiger partial charge is 0.329 e. The predicted molar refractivity (Wildman–Crippen MR) is 139 cm³/mol. The molecular weight excluding hydrogens is 460 g/mol. The van der Waals surface area contributed by atoms with Crippen molar-refractivity contribution in [2.75, 3.05) is 17.7 Å². The lowest BCUT2D eigenvalue weighted by Crippen LogP contribution is -2.33. The summed E-state index contributed by atoms with van der Waals surface area (Å²) in [5.74, 6) is -1.69. The van der Waals surface area contributed by atoms with Crippen LogP contribution < -0.4 is 20.8 Å². The molecule has 3 aromatic carbocycles. The fourth-order valence-electron chi connectivity index (χ4n) is 3.69. The van der Waals surface area contributed by atoms with Crippen molar-refractivity contribution >= 4 is 56.7 Å². The van der Waals surface area contributed by atoms with Gasteiger partial charge in [-0.05, 0) is 43.2 Å². The van der Waals surface area contributed by atoms with E-state index in [4.69, 9.17) is 9.15 Å². The Morgan fingerprint density at radius 2 is 1.67 bits per heavy atom. The molecule has 0 aliphatic rings. The molecule has 184 valence electrons. The number of nitrogens with zero attached hydrogens (tertiary/aromatic N) is 1. The van der Waals surface area contributed by atoms with Gasteiger partial charge in [-0.2, -0.15) is 5.10 Å². The maximum Gasteiger partial charge on any atom is 0.329 e. The van der Waals surface area contributed by atoms with Crippen LogP contribution in [0.2, 0.25) is 0 Å². The van der Waals surface area contributed by atoms with Gasteiger partial charge in [0.05, 0.1) is 19.2 Å². The number of benzene rings is 3. The van der Waals surface area contributed by atoms with Crippen molar-refractivity contribution in [1.29, 1.82) is 0 Å². The number of rotatable bonds is 7. The number of para-hydroxylation sites is 1. The number of aryl methyl sites for hydroxylation is 1. The van der Waals surface area contributed by atoms with E-state index in [0.29, 0.717) is 28.4 Å². The summed E-state index contributed by atoms with van der Waals surface area (Å²) in [4.78, 5) is 36.8. The summed E-state index contributed by atoms with van der Waals surface area (Å²) in [5, 5.41) is 11.0. The van der Waals surface area contributed by atoms with Crippen LogP contribution in [0.15, 0.2) is 70.2 Å². The molecule has 36 heavy (non-hydrogen) atoms. The van der Waals surface area contributed by atoms with Gasteiger partial charge in [0, 0.05) is 28.2 Å². The van der Waals surface area contributed by atoms with Crippen LogP contribution in [0.3, 0.4) is 0 Å². The Morgan fingerprint density at radius 1 is 0.917 bits per heavy atom. The minimum absolute atomic E-state index is 0.109. The third kappa shape index (κ3) is 5.52. The van der Waals surface area contributed by atoms with Crippen LogP contribution in [-0.2, 0) is 20.8 Å². The van der Waals surface area contributed by atoms with Crippen LogP contribution in [0.5, 0.6) is 5.75 Å². The summed E-state index contributed by atoms with van der Waals surface area (Å²) in [6, 6.07) is 18.3. The molecule has 9 heteroatoms. The monoisotopic (exact) mass is 486 g/mol. The molecule has 0 radical (unpaired) electrons. The van der Waals surface area contributed by atoms with Crippen molar-refractivity contribution < 1.29 is 23.5 Å². The molecule has 1 heterocycles. The number of hydrazone groups is 1. The summed E-state index contributed by atoms with van der Waals surface area (Å²) >= 11 is 0. The average Bonchev–Trinajstić information content (AvgIpc) is 3.24. The lowest BCUT2D eigenvalue weighted by Gasteiger charge is -2.10. The van der Waals surface area contributed by atoms with Gasteiger partial charge in [-0.3, -0.25) is 14.4 Å². The molecule has 3 amide bonds. The number of furan rings is 1. The fraction of sp³-hybridized carbons (Fsp3) is 0.185. The maximum atomic E-state index is 12.6. The number of ether oxygens (including phenoxy) is 1. The maximum absolute atomic E-state index is 12.6. The third-order valence-corrected chi connectivity index (χ3v) is 5.56. The minimum atomic E-state index is -0.939. The molecule has 0 aliphatic carbocycles. The van der Waals surface area contributed by atoms with Crippen LogP contribution in [0.25, 0.3) is 21.9 Å². The van der Waals surface area contributed by atoms with Gasteiger partial charge in [-0.1, -0.05) is 37.3 Å². The van der Waals surface area contributed by atoms with Gasteiger partial charge in [0.2, 0.25) is 5.91 Å². The van der Waals surface area contributed by atoms with E-state index in [0.717, 1.165) is 28.3 Å². The first-order chi connectivity index (χ1) is 17.4. The third-order valence-electron chi connectivity index (χ3n) is 5.56. The van der Waals surface area contributed by atoms with Crippen molar-refractivity contribution in [3.05, 3.63) is 66.2 Å². The highest BCUT2D eigenvalue weighted by Crippen LogP contribution is 2.36. The van der Waals surface area contributed by atoms with Crippen molar-refractivity contribution in [2.45, 2.75) is 26.7 Å². The highest BCUT2D eigenvalue weighted by atomic mass is 16.5. The van der Waals surface area contributed by atoms with Gasteiger partial charge >= 0.3 is 11.8 Å². The fourth-order valence-corrected chi connectivity index (χ4v) is 3.69. The zero-order valence-corrected chi connectivity index (χ0v) is 20.2. The molecular formula is C27H26N4O5. The molecule has 4 rings (SSSR count). The lowest BCUT2D eigenvalue weighted by atomic mass is 10.1. The molecule has 0 saturated heterocycles. The number of methoxy groups -OCH3 is 1. The first kappa shape index (κ1) is 24.5. The molecule has 0 unspecified atom stereocenters. The Bertz CT molecular complexity index is 1470. The van der Waals surface area contributed by atoms with E-state index in [1.165, 1.54) is 7.11 Å². The highest BCUT2D eigenvalue weighted by Gasteiger charge is 2.16. The number of hydrogen-bond donors (Lipinski definition) is 3. The van der Waals surface area contributed by atoms with E-state index in [9.17, 15) is 14.4 Å². The molecule has 0 saturated carbocycles. The minimum Gasteiger partial charge on any atom is -0.495 e. The summed E-state index contributed by atoms with van der Waals surface area (Å²) < 4.78 is 11.3. The molecule has 0 spiro atoms. The molecule has 0 fully saturated rings. The largest absolute Gasteiger partial charge is 0.495 e. The number of nitrogens with one attached hydrogen (secondary N) is 3. The summed E-state index contributed by atoms with van der Waals surface area (Å²) in [6.45, 7) is 3.60. The van der Waals surface area contributed by atoms with Crippen LogP contribution in [0.1, 0.15) is 25.8 Å². The molecule has 0 aliphatic heterocycles. The Kier molecular flexibility index (Phi) is 7.29. The van der Waals surface area contributed by atoms with Crippen LogP contribution in [-0.4, -0.2) is 30.5 Å². The quantitative estimate of drug-likeness (QED) is 0.200. The standard InChI is InChI=1S/C27H26N4O5/c1-4-17-9-11-18(12-10-17)28-26(33)27(34)31-30-16(2)13-25(32)29-21-15-23-20(14-24(21)35-3)19-7-5-6-8-22(19)36-23/h5-12,14-15H,4,13H2,1-3H3,(H,28,33)(H,29,32)(H,31,34). The van der Waals surface area contributed by atoms with Gasteiger partial charge in [0.1, 0.15) is 16.9 Å². The van der Waals surface area contributed by atoms with Crippen molar-refractivity contribution in [3.63, 3.8) is 0 Å². The zero-order chi connectivity index (χ0) is 25.7. The first-order valence-electron chi connectivity index (χ1n) is 11.4. The first-order valence-corrected chi connectivity index (χ1v) is 11.4. The second-order valence-electron chi connectivity index (χ2n) is 8.16. The number of hydrogen-bond acceptors (Lipinski definition) is 6. The molecule has 4 aromatic rings. The lowest BCUT2D eigenvalue weighted by molar-refractivity contribution is -0.136. The normalized spacial score (nSPS) is 11.4. The number of amides is 3. The van der Waals surface area contributed by atoms with E-state index in [-0.39, 0.29) is 12.3 Å². The summed E-state index contributed by atoms with van der Waals surface area (Å²) in [5.41, 5.74) is 5.89. The van der Waals surface area contributed by atoms with Crippen LogP contribution in [0, 0.1) is 0 Å². The molecule has 0 atom stereocenters. The number of fused-ring (bicyclic) bond motifs is 3. The molecule has 0 bridgehead atoms. The Labute approximate surface area is 207 Å². The zero-order valence-electron chi connectivity index (χ0n) is 20.2. The summed E-state index contributed by atoms with van der Waals surface area (Å²) in [6.07, 6.45) is 0.763. The predicted octanol–water partition coefficient (Wildman–Crippen LogP) is 4.62. The average molecular weight is 487 g/mol. The number of anilines is 2. The topological polar surface area (TPSA) is 122 Å². The Morgan fingerprint density at radius 3 is 2.39 bits per heavy atom. The van der Waals surface area contributed by atoms with Gasteiger partial charge < -0.3 is 19.8 Å². The second kappa shape index (κ2) is 10.7. The number of carbonyl (C=O) groups excluding carboxylic acids is 3. The van der Waals surface area contributed by atoms with Gasteiger partial charge in [0.25, 0.3) is 0 Å². The summed E-state index contributed by atoms with van der Waals surface area (Å²) in [7, 11) is 1.52. The van der Waals surface area contributed by atoms with E-state index >= 15 is 0 Å². The molecule has 1 aromatic heterocycles. The Hall–Kier alpha value is -4.66. The molecule has 9 nitrogen and oxygen atoms in total. The van der Waals surface area contributed by atoms with Crippen molar-refractivity contribution in [2.24, 2.45) is 5.10 Å². The van der Waals surface area contributed by atoms with Crippen LogP contribution >= 0.6 is 0 Å². The number of carbonyl (C=O) groups is 3. The SMILES string of the molecule is CCc1ccc(NC(=O)C(=O)NN=C(C)CC(=O)Nc2cc3oc4ccccc4c3cc2OC)cc1. The molecule has 3 N–H and O–H groups in total.